The van der Waals surface area contributed by atoms with E-state index >= 15 is 0 Å². The number of nitrogens with zero attached hydrogens (tertiary/aromatic N) is 1. The maximum atomic E-state index is 11.6. The lowest BCUT2D eigenvalue weighted by Gasteiger charge is -2.13. The first kappa shape index (κ1) is 17.6. The topological polar surface area (TPSA) is 68.6 Å². The summed E-state index contributed by atoms with van der Waals surface area (Å²) in [6, 6.07) is 7.07. The highest BCUT2D eigenvalue weighted by molar-refractivity contribution is 5.97. The molecule has 1 aromatic rings. The van der Waals surface area contributed by atoms with Gasteiger partial charge in [-0.25, -0.2) is 4.79 Å². The van der Waals surface area contributed by atoms with Crippen LogP contribution in [0.2, 0.25) is 0 Å². The molecule has 0 aliphatic heterocycles. The summed E-state index contributed by atoms with van der Waals surface area (Å²) in [5, 5.41) is 9.06. The van der Waals surface area contributed by atoms with Gasteiger partial charge in [-0.2, -0.15) is 5.26 Å². The van der Waals surface area contributed by atoms with Crippen LogP contribution < -0.4 is 9.47 Å². The summed E-state index contributed by atoms with van der Waals surface area (Å²) in [5.41, 5.74) is 0.617. The van der Waals surface area contributed by atoms with Crippen molar-refractivity contribution in [1.82, 2.24) is 0 Å². The van der Waals surface area contributed by atoms with Crippen molar-refractivity contribution in [2.45, 2.75) is 20.8 Å². The molecule has 0 amide bonds. The molecule has 0 bridgehead atoms. The molecule has 0 atom stereocenters. The van der Waals surface area contributed by atoms with Crippen LogP contribution in [0.1, 0.15) is 26.3 Å². The van der Waals surface area contributed by atoms with E-state index < -0.39 is 5.97 Å². The van der Waals surface area contributed by atoms with Crippen molar-refractivity contribution in [2.75, 3.05) is 20.3 Å². The Bertz CT molecular complexity index is 585. The Hall–Kier alpha value is -2.48. The van der Waals surface area contributed by atoms with E-state index in [-0.39, 0.29) is 12.2 Å². The average Bonchev–Trinajstić information content (AvgIpc) is 2.50. The Kier molecular flexibility index (Phi) is 6.97. The molecule has 22 heavy (non-hydrogen) atoms. The molecule has 5 nitrogen and oxygen atoms in total. The maximum absolute atomic E-state index is 11.6. The minimum atomic E-state index is -0.634. The van der Waals surface area contributed by atoms with E-state index in [9.17, 15) is 4.79 Å². The Labute approximate surface area is 131 Å². The lowest BCUT2D eigenvalue weighted by molar-refractivity contribution is -0.137. The fraction of sp³-hybridized carbons (Fsp3) is 0.412. The standard InChI is InChI=1S/C17H21NO4/c1-5-21-17(19)14(10-18)8-13-6-7-15(20-4)16(9-13)22-11-12(2)3/h6-9,12H,5,11H2,1-4H3/b14-8+. The van der Waals surface area contributed by atoms with Crippen molar-refractivity contribution in [3.05, 3.63) is 29.3 Å². The SMILES string of the molecule is CCOC(=O)/C(C#N)=C/c1ccc(OC)c(OCC(C)C)c1. The number of carbonyl (C=O) groups is 1. The molecule has 0 fully saturated rings. The number of rotatable bonds is 7. The summed E-state index contributed by atoms with van der Waals surface area (Å²) in [4.78, 5) is 11.6. The molecule has 0 saturated carbocycles. The first-order chi connectivity index (χ1) is 10.5. The molecule has 0 saturated heterocycles. The molecule has 1 rings (SSSR count). The van der Waals surface area contributed by atoms with Crippen molar-refractivity contribution < 1.29 is 19.0 Å². The van der Waals surface area contributed by atoms with Gasteiger partial charge in [0.2, 0.25) is 0 Å². The smallest absolute Gasteiger partial charge is 0.348 e. The third-order valence-electron chi connectivity index (χ3n) is 2.69. The molecule has 0 radical (unpaired) electrons. The third-order valence-corrected chi connectivity index (χ3v) is 2.69. The number of benzene rings is 1. The van der Waals surface area contributed by atoms with Crippen LogP contribution in [0.3, 0.4) is 0 Å². The minimum Gasteiger partial charge on any atom is -0.493 e. The molecule has 0 aromatic heterocycles. The number of hydrogen-bond acceptors (Lipinski definition) is 5. The lowest BCUT2D eigenvalue weighted by atomic mass is 10.1. The van der Waals surface area contributed by atoms with Gasteiger partial charge in [-0.3, -0.25) is 0 Å². The minimum absolute atomic E-state index is 0.0539. The summed E-state index contributed by atoms with van der Waals surface area (Å²) in [6.45, 7) is 6.56. The van der Waals surface area contributed by atoms with Crippen molar-refractivity contribution in [1.29, 1.82) is 5.26 Å². The second kappa shape index (κ2) is 8.73. The first-order valence-electron chi connectivity index (χ1n) is 7.11. The van der Waals surface area contributed by atoms with Crippen LogP contribution in [0.5, 0.6) is 11.5 Å². The lowest BCUT2D eigenvalue weighted by Crippen LogP contribution is -2.07. The highest BCUT2D eigenvalue weighted by atomic mass is 16.5. The van der Waals surface area contributed by atoms with Gasteiger partial charge in [0.1, 0.15) is 11.6 Å². The zero-order valence-corrected chi connectivity index (χ0v) is 13.4. The quantitative estimate of drug-likeness (QED) is 0.439. The Morgan fingerprint density at radius 1 is 1.36 bits per heavy atom. The van der Waals surface area contributed by atoms with Gasteiger partial charge in [0.05, 0.1) is 20.3 Å². The summed E-state index contributed by atoms with van der Waals surface area (Å²) in [7, 11) is 1.56. The Morgan fingerprint density at radius 3 is 2.64 bits per heavy atom. The van der Waals surface area contributed by atoms with E-state index in [1.807, 2.05) is 19.9 Å². The molecular weight excluding hydrogens is 282 g/mol. The van der Waals surface area contributed by atoms with Crippen LogP contribution in [-0.2, 0) is 9.53 Å². The van der Waals surface area contributed by atoms with E-state index in [0.717, 1.165) is 0 Å². The van der Waals surface area contributed by atoms with Gasteiger partial charge in [0.25, 0.3) is 0 Å². The summed E-state index contributed by atoms with van der Waals surface area (Å²) in [5.74, 6) is 0.919. The van der Waals surface area contributed by atoms with Crippen LogP contribution in [-0.4, -0.2) is 26.3 Å². The Balaban J connectivity index is 3.07. The zero-order valence-electron chi connectivity index (χ0n) is 13.4. The van der Waals surface area contributed by atoms with Crippen LogP contribution in [0.25, 0.3) is 6.08 Å². The van der Waals surface area contributed by atoms with Crippen LogP contribution in [0.15, 0.2) is 23.8 Å². The number of nitriles is 1. The van der Waals surface area contributed by atoms with Gasteiger partial charge in [-0.1, -0.05) is 19.9 Å². The average molecular weight is 303 g/mol. The fourth-order valence-electron chi connectivity index (χ4n) is 1.66. The third kappa shape index (κ3) is 5.13. The second-order valence-electron chi connectivity index (χ2n) is 5.01. The van der Waals surface area contributed by atoms with E-state index in [1.54, 1.807) is 32.2 Å². The summed E-state index contributed by atoms with van der Waals surface area (Å²) >= 11 is 0. The molecule has 0 spiro atoms. The predicted molar refractivity (Wildman–Crippen MR) is 83.6 cm³/mol. The Morgan fingerprint density at radius 2 is 2.09 bits per heavy atom. The largest absolute Gasteiger partial charge is 0.493 e. The van der Waals surface area contributed by atoms with Gasteiger partial charge >= 0.3 is 5.97 Å². The number of methoxy groups -OCH3 is 1. The van der Waals surface area contributed by atoms with Crippen LogP contribution >= 0.6 is 0 Å². The van der Waals surface area contributed by atoms with Gasteiger partial charge in [0, 0.05) is 0 Å². The summed E-state index contributed by atoms with van der Waals surface area (Å²) < 4.78 is 15.8. The van der Waals surface area contributed by atoms with E-state index in [2.05, 4.69) is 0 Å². The molecule has 0 aliphatic carbocycles. The van der Waals surface area contributed by atoms with Gasteiger partial charge in [-0.05, 0) is 36.6 Å². The van der Waals surface area contributed by atoms with Gasteiger partial charge in [-0.15, -0.1) is 0 Å². The molecule has 0 N–H and O–H groups in total. The molecule has 0 aliphatic rings. The molecule has 0 unspecified atom stereocenters. The normalized spacial score (nSPS) is 11.0. The molecule has 0 heterocycles. The number of ether oxygens (including phenoxy) is 3. The number of esters is 1. The van der Waals surface area contributed by atoms with Crippen molar-refractivity contribution in [2.24, 2.45) is 5.92 Å². The fourth-order valence-corrected chi connectivity index (χ4v) is 1.66. The molecule has 1 aromatic carbocycles. The van der Waals surface area contributed by atoms with Crippen LogP contribution in [0, 0.1) is 17.2 Å². The monoisotopic (exact) mass is 303 g/mol. The highest BCUT2D eigenvalue weighted by Gasteiger charge is 2.11. The van der Waals surface area contributed by atoms with Gasteiger partial charge in [0.15, 0.2) is 11.5 Å². The maximum Gasteiger partial charge on any atom is 0.348 e. The predicted octanol–water partition coefficient (Wildman–Crippen LogP) is 3.20. The van der Waals surface area contributed by atoms with Crippen molar-refractivity contribution >= 4 is 12.0 Å². The molecule has 5 heteroatoms. The summed E-state index contributed by atoms with van der Waals surface area (Å²) in [6.07, 6.45) is 1.47. The van der Waals surface area contributed by atoms with Crippen molar-refractivity contribution in [3.63, 3.8) is 0 Å². The van der Waals surface area contributed by atoms with E-state index in [1.165, 1.54) is 6.08 Å². The zero-order chi connectivity index (χ0) is 16.5. The second-order valence-corrected chi connectivity index (χ2v) is 5.01. The number of hydrogen-bond donors (Lipinski definition) is 0. The molecular formula is C17H21NO4. The highest BCUT2D eigenvalue weighted by Crippen LogP contribution is 2.29. The molecule has 118 valence electrons. The number of carbonyl (C=O) groups excluding carboxylic acids is 1. The van der Waals surface area contributed by atoms with Crippen molar-refractivity contribution in [3.8, 4) is 17.6 Å². The van der Waals surface area contributed by atoms with Gasteiger partial charge < -0.3 is 14.2 Å². The van der Waals surface area contributed by atoms with E-state index in [0.29, 0.717) is 29.6 Å². The van der Waals surface area contributed by atoms with E-state index in [4.69, 9.17) is 19.5 Å². The van der Waals surface area contributed by atoms with Crippen LogP contribution in [0.4, 0.5) is 0 Å². The first-order valence-corrected chi connectivity index (χ1v) is 7.11.